The Morgan fingerprint density at radius 3 is 0.814 bits per heavy atom. The highest BCUT2D eigenvalue weighted by atomic mass is 31.2. The smallest absolute Gasteiger partial charge is 0.462 e. The summed E-state index contributed by atoms with van der Waals surface area (Å²) >= 11 is 0. The van der Waals surface area contributed by atoms with Gasteiger partial charge in [0.25, 0.3) is 0 Å². The van der Waals surface area contributed by atoms with Crippen LogP contribution in [0.25, 0.3) is 0 Å². The van der Waals surface area contributed by atoms with E-state index in [4.69, 9.17) is 37.0 Å². The van der Waals surface area contributed by atoms with E-state index in [1.54, 1.807) is 0 Å². The number of aliphatic hydroxyl groups is 1. The monoisotopic (exact) mass is 1480 g/mol. The zero-order chi connectivity index (χ0) is 74.6. The van der Waals surface area contributed by atoms with Gasteiger partial charge in [0, 0.05) is 25.7 Å². The van der Waals surface area contributed by atoms with Crippen molar-refractivity contribution in [2.75, 3.05) is 39.6 Å². The molecule has 0 rings (SSSR count). The maximum atomic E-state index is 13.1. The van der Waals surface area contributed by atoms with E-state index in [9.17, 15) is 43.2 Å². The van der Waals surface area contributed by atoms with Crippen LogP contribution in [0.2, 0.25) is 0 Å². The number of hydrogen-bond donors (Lipinski definition) is 3. The van der Waals surface area contributed by atoms with E-state index < -0.39 is 97.5 Å². The minimum atomic E-state index is -4.99. The molecule has 0 aliphatic carbocycles. The second kappa shape index (κ2) is 75.2. The number of phosphoric acid groups is 2. The molecule has 590 valence electrons. The number of aliphatic hydroxyl groups excluding tert-OH is 1. The second-order valence-electron chi connectivity index (χ2n) is 27.0. The van der Waals surface area contributed by atoms with E-state index >= 15 is 0 Å². The van der Waals surface area contributed by atoms with Gasteiger partial charge < -0.3 is 33.8 Å². The molecule has 102 heavy (non-hydrogen) atoms. The molecule has 0 heterocycles. The Labute approximate surface area is 620 Å². The van der Waals surface area contributed by atoms with Crippen molar-refractivity contribution in [3.8, 4) is 0 Å². The van der Waals surface area contributed by atoms with E-state index in [0.29, 0.717) is 25.7 Å². The maximum absolute atomic E-state index is 13.1. The van der Waals surface area contributed by atoms with Crippen LogP contribution in [-0.4, -0.2) is 96.7 Å². The molecule has 0 bridgehead atoms. The van der Waals surface area contributed by atoms with Crippen molar-refractivity contribution in [2.45, 2.75) is 367 Å². The number of hydrogen-bond acceptors (Lipinski definition) is 15. The van der Waals surface area contributed by atoms with Gasteiger partial charge in [0.2, 0.25) is 0 Å². The Kier molecular flexibility index (Phi) is 72.3. The third kappa shape index (κ3) is 74.3. The van der Waals surface area contributed by atoms with Gasteiger partial charge in [-0.1, -0.05) is 273 Å². The molecular weight excluding hydrogens is 1330 g/mol. The molecule has 0 saturated carbocycles. The number of allylic oxidation sites excluding steroid dienone is 16. The molecule has 0 amide bonds. The summed E-state index contributed by atoms with van der Waals surface area (Å²) in [5.41, 5.74) is 0. The highest BCUT2D eigenvalue weighted by Gasteiger charge is 2.30. The van der Waals surface area contributed by atoms with Crippen molar-refractivity contribution in [1.82, 2.24) is 0 Å². The Morgan fingerprint density at radius 1 is 0.284 bits per heavy atom. The first-order valence-corrected chi connectivity index (χ1v) is 43.5. The average Bonchev–Trinajstić information content (AvgIpc) is 0.924. The number of ether oxygens (including phenoxy) is 4. The van der Waals surface area contributed by atoms with E-state index in [0.717, 1.165) is 167 Å². The van der Waals surface area contributed by atoms with Crippen LogP contribution in [-0.2, 0) is 65.4 Å². The fourth-order valence-corrected chi connectivity index (χ4v) is 12.4. The van der Waals surface area contributed by atoms with Crippen LogP contribution in [0.4, 0.5) is 0 Å². The Hall–Kier alpha value is -4.02. The molecule has 0 aromatic heterocycles. The predicted molar refractivity (Wildman–Crippen MR) is 418 cm³/mol. The lowest BCUT2D eigenvalue weighted by Gasteiger charge is -2.21. The highest BCUT2D eigenvalue weighted by molar-refractivity contribution is 7.47. The van der Waals surface area contributed by atoms with Crippen LogP contribution in [0.5, 0.6) is 0 Å². The predicted octanol–water partition coefficient (Wildman–Crippen LogP) is 23.6. The molecule has 0 aliphatic rings. The van der Waals surface area contributed by atoms with Crippen LogP contribution in [0, 0.1) is 0 Å². The third-order valence-corrected chi connectivity index (χ3v) is 18.9. The Morgan fingerprint density at radius 2 is 0.510 bits per heavy atom. The second-order valence-corrected chi connectivity index (χ2v) is 29.9. The summed E-state index contributed by atoms with van der Waals surface area (Å²) < 4.78 is 68.6. The van der Waals surface area contributed by atoms with E-state index in [1.165, 1.54) is 103 Å². The molecule has 0 fully saturated rings. The number of carbonyl (C=O) groups excluding carboxylic acids is 4. The normalized spacial score (nSPS) is 14.4. The van der Waals surface area contributed by atoms with Crippen molar-refractivity contribution in [3.05, 3.63) is 97.2 Å². The summed E-state index contributed by atoms with van der Waals surface area (Å²) in [6.45, 7) is 4.71. The van der Waals surface area contributed by atoms with Gasteiger partial charge in [-0.05, 0) is 148 Å². The molecule has 19 heteroatoms. The lowest BCUT2D eigenvalue weighted by Crippen LogP contribution is -2.30. The van der Waals surface area contributed by atoms with Gasteiger partial charge in [-0.25, -0.2) is 9.13 Å². The summed E-state index contributed by atoms with van der Waals surface area (Å²) in [4.78, 5) is 73.0. The van der Waals surface area contributed by atoms with E-state index in [1.807, 2.05) is 0 Å². The third-order valence-electron chi connectivity index (χ3n) is 17.0. The van der Waals surface area contributed by atoms with Crippen LogP contribution < -0.4 is 0 Å². The molecule has 3 N–H and O–H groups in total. The largest absolute Gasteiger partial charge is 0.472 e. The van der Waals surface area contributed by atoms with Crippen LogP contribution in [0.1, 0.15) is 349 Å². The molecule has 0 aromatic carbocycles. The number of phosphoric ester groups is 2. The van der Waals surface area contributed by atoms with Crippen molar-refractivity contribution in [2.24, 2.45) is 0 Å². The average molecular weight is 1480 g/mol. The van der Waals surface area contributed by atoms with Gasteiger partial charge >= 0.3 is 39.5 Å². The summed E-state index contributed by atoms with van der Waals surface area (Å²) in [7, 11) is -9.97. The first kappa shape index (κ1) is 98.0. The van der Waals surface area contributed by atoms with Gasteiger partial charge in [-0.2, -0.15) is 0 Å². The first-order valence-electron chi connectivity index (χ1n) is 40.5. The Bertz CT molecular complexity index is 2310. The SMILES string of the molecule is CC/C=C\C/C=C\C/C=C\C/C=C\C/C=C\CCCCCC(=O)O[C@H](COC(=O)CCCCCCC/C=C\CCCCCC)COP(=O)(O)OC[C@H](O)COP(=O)(O)OC[C@@H](COC(=O)CCCCCCCCC/C=C\CCCCCC)OC(=O)CCCCCCC/C=C\CCCCCCCC. The summed E-state index contributed by atoms with van der Waals surface area (Å²) in [5.74, 6) is -2.22. The van der Waals surface area contributed by atoms with Gasteiger partial charge in [-0.3, -0.25) is 37.3 Å². The molecular formula is C83H146O17P2. The minimum Gasteiger partial charge on any atom is -0.462 e. The zero-order valence-corrected chi connectivity index (χ0v) is 66.3. The molecule has 0 aromatic rings. The zero-order valence-electron chi connectivity index (χ0n) is 64.5. The van der Waals surface area contributed by atoms with Crippen molar-refractivity contribution >= 4 is 39.5 Å². The van der Waals surface area contributed by atoms with Gasteiger partial charge in [0.1, 0.15) is 19.3 Å². The van der Waals surface area contributed by atoms with Crippen molar-refractivity contribution in [3.63, 3.8) is 0 Å². The lowest BCUT2D eigenvalue weighted by molar-refractivity contribution is -0.161. The van der Waals surface area contributed by atoms with Gasteiger partial charge in [0.05, 0.1) is 26.4 Å². The minimum absolute atomic E-state index is 0.0542. The van der Waals surface area contributed by atoms with Crippen molar-refractivity contribution in [1.29, 1.82) is 0 Å². The molecule has 2 unspecified atom stereocenters. The summed E-state index contributed by atoms with van der Waals surface area (Å²) in [5, 5.41) is 10.6. The highest BCUT2D eigenvalue weighted by Crippen LogP contribution is 2.45. The summed E-state index contributed by atoms with van der Waals surface area (Å²) in [6, 6.07) is 0. The molecule has 17 nitrogen and oxygen atoms in total. The summed E-state index contributed by atoms with van der Waals surface area (Å²) in [6.07, 6.45) is 79.5. The number of unbranched alkanes of at least 4 members (excludes halogenated alkanes) is 34. The Balaban J connectivity index is 5.39. The molecule has 5 atom stereocenters. The van der Waals surface area contributed by atoms with E-state index in [-0.39, 0.29) is 25.7 Å². The molecule has 0 aliphatic heterocycles. The number of carbonyl (C=O) groups is 4. The quantitative estimate of drug-likeness (QED) is 0.0169. The molecule has 0 radical (unpaired) electrons. The fraction of sp³-hybridized carbons (Fsp3) is 0.759. The first-order chi connectivity index (χ1) is 49.7. The standard InChI is InChI=1S/C83H146O17P2/c1-5-9-13-17-21-25-29-33-36-37-38-39-42-46-50-54-58-62-66-70-83(88)100-78(73-93-80(85)67-63-59-55-51-47-43-32-28-24-20-16-12-8-4)75-97-101(89,90)95-71-77(84)72-96-102(91,92)98-76-79(99-82(87)69-65-61-57-53-49-45-41-35-31-27-23-19-15-11-7-3)74-94-81(86)68-64-60-56-52-48-44-40-34-30-26-22-18-14-10-6-2/h9,13,21,25-26,28,30,32-33,35-36,38-39,41,46,50,77-79,84H,5-8,10-12,14-20,22-24,27,29,31,34,37,40,42-45,47-49,51-76H2,1-4H3,(H,89,90)(H,91,92)/b13-9-,25-21-,30-26-,32-28-,36-33-,39-38-,41-35-,50-46-/t77-,78+,79+/m0/s1. The van der Waals surface area contributed by atoms with Gasteiger partial charge in [-0.15, -0.1) is 0 Å². The maximum Gasteiger partial charge on any atom is 0.472 e. The number of rotatable bonds is 76. The molecule has 0 spiro atoms. The van der Waals surface area contributed by atoms with Crippen LogP contribution in [0.3, 0.4) is 0 Å². The fourth-order valence-electron chi connectivity index (χ4n) is 10.8. The van der Waals surface area contributed by atoms with Crippen LogP contribution in [0.15, 0.2) is 97.2 Å². The lowest BCUT2D eigenvalue weighted by atomic mass is 10.1. The van der Waals surface area contributed by atoms with E-state index in [2.05, 4.69) is 125 Å². The molecule has 0 saturated heterocycles. The van der Waals surface area contributed by atoms with Crippen LogP contribution >= 0.6 is 15.6 Å². The topological polar surface area (TPSA) is 237 Å². The van der Waals surface area contributed by atoms with Gasteiger partial charge in [0.15, 0.2) is 12.2 Å². The number of esters is 4. The van der Waals surface area contributed by atoms with Crippen molar-refractivity contribution < 1.29 is 80.2 Å².